The monoisotopic (exact) mass is 220 g/mol. The van der Waals surface area contributed by atoms with Crippen molar-refractivity contribution in [1.29, 1.82) is 5.26 Å². The predicted molar refractivity (Wildman–Crippen MR) is 70.8 cm³/mol. The Morgan fingerprint density at radius 1 is 1.06 bits per heavy atom. The molecular weight excluding hydrogens is 208 g/mol. The highest BCUT2D eigenvalue weighted by Gasteiger charge is 1.99. The lowest BCUT2D eigenvalue weighted by Gasteiger charge is -2.00. The van der Waals surface area contributed by atoms with Gasteiger partial charge in [-0.3, -0.25) is 0 Å². The SMILES string of the molecule is N#C/C(=C\c1cccc(N)c1)c1ccccc1. The summed E-state index contributed by atoms with van der Waals surface area (Å²) in [5, 5.41) is 9.16. The highest BCUT2D eigenvalue weighted by molar-refractivity contribution is 5.89. The molecule has 2 nitrogen and oxygen atoms in total. The molecule has 0 bridgehead atoms. The lowest BCUT2D eigenvalue weighted by molar-refractivity contribution is 1.52. The van der Waals surface area contributed by atoms with Gasteiger partial charge in [-0.05, 0) is 29.3 Å². The van der Waals surface area contributed by atoms with Gasteiger partial charge in [0.1, 0.15) is 0 Å². The lowest BCUT2D eigenvalue weighted by atomic mass is 10.0. The molecule has 2 rings (SSSR count). The minimum Gasteiger partial charge on any atom is -0.399 e. The number of anilines is 1. The summed E-state index contributed by atoms with van der Waals surface area (Å²) in [5.41, 5.74) is 8.89. The molecule has 2 aromatic rings. The molecule has 17 heavy (non-hydrogen) atoms. The van der Waals surface area contributed by atoms with E-state index in [4.69, 9.17) is 11.0 Å². The lowest BCUT2D eigenvalue weighted by Crippen LogP contribution is -1.85. The molecule has 0 fully saturated rings. The Morgan fingerprint density at radius 2 is 1.82 bits per heavy atom. The Balaban J connectivity index is 2.41. The van der Waals surface area contributed by atoms with E-state index in [0.29, 0.717) is 11.3 Å². The van der Waals surface area contributed by atoms with Crippen LogP contribution in [0.1, 0.15) is 11.1 Å². The van der Waals surface area contributed by atoms with Crippen molar-refractivity contribution in [3.63, 3.8) is 0 Å². The molecule has 0 aliphatic heterocycles. The van der Waals surface area contributed by atoms with Crippen molar-refractivity contribution in [2.45, 2.75) is 0 Å². The molecular formula is C15H12N2. The summed E-state index contributed by atoms with van der Waals surface area (Å²) in [5.74, 6) is 0. The van der Waals surface area contributed by atoms with Crippen LogP contribution >= 0.6 is 0 Å². The van der Waals surface area contributed by atoms with E-state index in [1.807, 2.05) is 60.7 Å². The van der Waals surface area contributed by atoms with Crippen molar-refractivity contribution in [1.82, 2.24) is 0 Å². The maximum Gasteiger partial charge on any atom is 0.0998 e. The summed E-state index contributed by atoms with van der Waals surface area (Å²) in [7, 11) is 0. The molecule has 0 saturated carbocycles. The zero-order valence-corrected chi connectivity index (χ0v) is 9.30. The normalized spacial score (nSPS) is 10.9. The third kappa shape index (κ3) is 2.73. The van der Waals surface area contributed by atoms with Crippen LogP contribution < -0.4 is 5.73 Å². The largest absolute Gasteiger partial charge is 0.399 e. The molecule has 0 heterocycles. The van der Waals surface area contributed by atoms with E-state index >= 15 is 0 Å². The van der Waals surface area contributed by atoms with Crippen LogP contribution in [0.3, 0.4) is 0 Å². The Labute approximate surface area is 101 Å². The summed E-state index contributed by atoms with van der Waals surface area (Å²) >= 11 is 0. The van der Waals surface area contributed by atoms with Gasteiger partial charge in [0.15, 0.2) is 0 Å². The summed E-state index contributed by atoms with van der Waals surface area (Å²) in [6.07, 6.45) is 1.84. The second-order valence-electron chi connectivity index (χ2n) is 3.71. The quantitative estimate of drug-likeness (QED) is 0.479. The highest BCUT2D eigenvalue weighted by atomic mass is 14.5. The summed E-state index contributed by atoms with van der Waals surface area (Å²) < 4.78 is 0. The van der Waals surface area contributed by atoms with E-state index < -0.39 is 0 Å². The van der Waals surface area contributed by atoms with Gasteiger partial charge in [0, 0.05) is 5.69 Å². The van der Waals surface area contributed by atoms with Crippen LogP contribution in [0.5, 0.6) is 0 Å². The second-order valence-corrected chi connectivity index (χ2v) is 3.71. The number of nitriles is 1. The van der Waals surface area contributed by atoms with E-state index in [1.165, 1.54) is 0 Å². The standard InChI is InChI=1S/C15H12N2/c16-11-14(13-6-2-1-3-7-13)9-12-5-4-8-15(17)10-12/h1-10H,17H2/b14-9+. The van der Waals surface area contributed by atoms with E-state index in [2.05, 4.69) is 6.07 Å². The molecule has 2 aromatic carbocycles. The predicted octanol–water partition coefficient (Wildman–Crippen LogP) is 3.33. The van der Waals surface area contributed by atoms with Crippen molar-refractivity contribution in [2.24, 2.45) is 0 Å². The van der Waals surface area contributed by atoms with Crippen LogP contribution in [-0.4, -0.2) is 0 Å². The molecule has 2 N–H and O–H groups in total. The van der Waals surface area contributed by atoms with Gasteiger partial charge in [0.2, 0.25) is 0 Å². The van der Waals surface area contributed by atoms with Crippen LogP contribution in [0.2, 0.25) is 0 Å². The molecule has 0 aliphatic carbocycles. The van der Waals surface area contributed by atoms with Crippen molar-refractivity contribution < 1.29 is 0 Å². The van der Waals surface area contributed by atoms with Gasteiger partial charge in [-0.1, -0.05) is 42.5 Å². The molecule has 0 radical (unpaired) electrons. The van der Waals surface area contributed by atoms with Crippen LogP contribution in [0.25, 0.3) is 11.6 Å². The molecule has 0 atom stereocenters. The fourth-order valence-corrected chi connectivity index (χ4v) is 1.61. The van der Waals surface area contributed by atoms with Gasteiger partial charge >= 0.3 is 0 Å². The van der Waals surface area contributed by atoms with E-state index in [1.54, 1.807) is 0 Å². The number of hydrogen-bond acceptors (Lipinski definition) is 2. The number of allylic oxidation sites excluding steroid dienone is 1. The molecule has 0 unspecified atom stereocenters. The summed E-state index contributed by atoms with van der Waals surface area (Å²) in [6.45, 7) is 0. The van der Waals surface area contributed by atoms with Gasteiger partial charge in [-0.2, -0.15) is 5.26 Å². The van der Waals surface area contributed by atoms with Gasteiger partial charge in [-0.25, -0.2) is 0 Å². The molecule has 0 saturated heterocycles. The molecule has 0 spiro atoms. The van der Waals surface area contributed by atoms with Crippen LogP contribution in [0.15, 0.2) is 54.6 Å². The first-order chi connectivity index (χ1) is 8.29. The number of nitrogen functional groups attached to an aromatic ring is 1. The Morgan fingerprint density at radius 3 is 2.47 bits per heavy atom. The highest BCUT2D eigenvalue weighted by Crippen LogP contribution is 2.18. The summed E-state index contributed by atoms with van der Waals surface area (Å²) in [6, 6.07) is 19.3. The average molecular weight is 220 g/mol. The summed E-state index contributed by atoms with van der Waals surface area (Å²) in [4.78, 5) is 0. The molecule has 0 aliphatic rings. The minimum absolute atomic E-state index is 0.635. The molecule has 82 valence electrons. The van der Waals surface area contributed by atoms with E-state index in [9.17, 15) is 0 Å². The van der Waals surface area contributed by atoms with Crippen molar-refractivity contribution >= 4 is 17.3 Å². The molecule has 0 aromatic heterocycles. The Hall–Kier alpha value is -2.53. The van der Waals surface area contributed by atoms with Crippen molar-refractivity contribution in [2.75, 3.05) is 5.73 Å². The fraction of sp³-hybridized carbons (Fsp3) is 0. The van der Waals surface area contributed by atoms with Crippen LogP contribution in [0.4, 0.5) is 5.69 Å². The van der Waals surface area contributed by atoms with Crippen LogP contribution in [-0.2, 0) is 0 Å². The smallest absolute Gasteiger partial charge is 0.0998 e. The number of benzene rings is 2. The molecule has 0 amide bonds. The topological polar surface area (TPSA) is 49.8 Å². The number of hydrogen-bond donors (Lipinski definition) is 1. The van der Waals surface area contributed by atoms with E-state index in [-0.39, 0.29) is 0 Å². The first-order valence-corrected chi connectivity index (χ1v) is 5.32. The first kappa shape index (κ1) is 11.0. The zero-order chi connectivity index (χ0) is 12.1. The van der Waals surface area contributed by atoms with E-state index in [0.717, 1.165) is 11.1 Å². The third-order valence-electron chi connectivity index (χ3n) is 2.43. The minimum atomic E-state index is 0.635. The fourth-order valence-electron chi connectivity index (χ4n) is 1.61. The Kier molecular flexibility index (Phi) is 3.23. The number of nitrogens with zero attached hydrogens (tertiary/aromatic N) is 1. The third-order valence-corrected chi connectivity index (χ3v) is 2.43. The maximum absolute atomic E-state index is 9.16. The van der Waals surface area contributed by atoms with Gasteiger partial charge < -0.3 is 5.73 Å². The molecule has 2 heteroatoms. The number of rotatable bonds is 2. The average Bonchev–Trinajstić information content (AvgIpc) is 2.37. The van der Waals surface area contributed by atoms with Crippen molar-refractivity contribution in [3.05, 3.63) is 65.7 Å². The first-order valence-electron chi connectivity index (χ1n) is 5.32. The van der Waals surface area contributed by atoms with Crippen LogP contribution in [0, 0.1) is 11.3 Å². The van der Waals surface area contributed by atoms with Crippen molar-refractivity contribution in [3.8, 4) is 6.07 Å². The second kappa shape index (κ2) is 5.00. The van der Waals surface area contributed by atoms with Gasteiger partial charge in [-0.15, -0.1) is 0 Å². The zero-order valence-electron chi connectivity index (χ0n) is 9.30. The maximum atomic E-state index is 9.16. The van der Waals surface area contributed by atoms with Gasteiger partial charge in [0.05, 0.1) is 11.6 Å². The van der Waals surface area contributed by atoms with Gasteiger partial charge in [0.25, 0.3) is 0 Å². The number of nitrogens with two attached hydrogens (primary N) is 1. The Bertz CT molecular complexity index is 577.